The second-order valence-electron chi connectivity index (χ2n) is 9.13. The SMILES string of the molecule is O=C(OCC1c2ccccc2-c2ccccc21)N1C2C=C(c3ccccc3)CC1CCC2. The van der Waals surface area contributed by atoms with Gasteiger partial charge in [-0.3, -0.25) is 4.90 Å². The van der Waals surface area contributed by atoms with Crippen molar-refractivity contribution in [1.29, 1.82) is 0 Å². The highest BCUT2D eigenvalue weighted by Gasteiger charge is 2.39. The molecule has 3 heteroatoms. The third kappa shape index (κ3) is 3.24. The van der Waals surface area contributed by atoms with Gasteiger partial charge in [0, 0.05) is 12.0 Å². The van der Waals surface area contributed by atoms with Gasteiger partial charge in [0.1, 0.15) is 6.61 Å². The Kier molecular flexibility index (Phi) is 4.83. The zero-order chi connectivity index (χ0) is 21.5. The molecule has 1 fully saturated rings. The summed E-state index contributed by atoms with van der Waals surface area (Å²) in [6.45, 7) is 0.387. The summed E-state index contributed by atoms with van der Waals surface area (Å²) in [6.07, 6.45) is 6.27. The summed E-state index contributed by atoms with van der Waals surface area (Å²) in [4.78, 5) is 15.3. The summed E-state index contributed by atoms with van der Waals surface area (Å²) in [7, 11) is 0. The topological polar surface area (TPSA) is 29.5 Å². The number of benzene rings is 3. The van der Waals surface area contributed by atoms with Crippen molar-refractivity contribution in [2.75, 3.05) is 6.61 Å². The predicted octanol–water partition coefficient (Wildman–Crippen LogP) is 6.65. The number of fused-ring (bicyclic) bond motifs is 5. The van der Waals surface area contributed by atoms with E-state index in [9.17, 15) is 4.79 Å². The third-order valence-corrected chi connectivity index (χ3v) is 7.33. The van der Waals surface area contributed by atoms with E-state index in [0.29, 0.717) is 6.61 Å². The van der Waals surface area contributed by atoms with Gasteiger partial charge in [-0.2, -0.15) is 0 Å². The average molecular weight is 422 g/mol. The van der Waals surface area contributed by atoms with Crippen LogP contribution in [0.15, 0.2) is 84.9 Å². The number of amides is 1. The summed E-state index contributed by atoms with van der Waals surface area (Å²) in [5, 5.41) is 0. The maximum absolute atomic E-state index is 13.3. The lowest BCUT2D eigenvalue weighted by atomic mass is 9.83. The summed E-state index contributed by atoms with van der Waals surface area (Å²) in [5.74, 6) is 0.103. The Bertz CT molecular complexity index is 1140. The van der Waals surface area contributed by atoms with E-state index >= 15 is 0 Å². The summed E-state index contributed by atoms with van der Waals surface area (Å²) >= 11 is 0. The van der Waals surface area contributed by atoms with Crippen molar-refractivity contribution in [3.63, 3.8) is 0 Å². The molecule has 3 nitrogen and oxygen atoms in total. The molecule has 0 spiro atoms. The van der Waals surface area contributed by atoms with Crippen molar-refractivity contribution >= 4 is 11.7 Å². The Morgan fingerprint density at radius 2 is 1.50 bits per heavy atom. The van der Waals surface area contributed by atoms with Gasteiger partial charge in [-0.1, -0.05) is 84.9 Å². The average Bonchev–Trinajstić information content (AvgIpc) is 3.16. The Balaban J connectivity index is 1.22. The molecular weight excluding hydrogens is 394 g/mol. The van der Waals surface area contributed by atoms with E-state index in [2.05, 4.69) is 84.9 Å². The van der Waals surface area contributed by atoms with Gasteiger partial charge >= 0.3 is 6.09 Å². The molecule has 3 aromatic carbocycles. The number of carbonyl (C=O) groups is 1. The summed E-state index contributed by atoms with van der Waals surface area (Å²) in [5.41, 5.74) is 7.67. The minimum atomic E-state index is -0.162. The van der Waals surface area contributed by atoms with Gasteiger partial charge in [-0.25, -0.2) is 4.79 Å². The van der Waals surface area contributed by atoms with Gasteiger partial charge in [0.2, 0.25) is 0 Å². The number of nitrogens with zero attached hydrogens (tertiary/aromatic N) is 1. The second-order valence-corrected chi connectivity index (χ2v) is 9.13. The summed E-state index contributed by atoms with van der Waals surface area (Å²) < 4.78 is 6.01. The Morgan fingerprint density at radius 1 is 0.844 bits per heavy atom. The molecule has 2 atom stereocenters. The molecule has 1 aliphatic carbocycles. The molecule has 32 heavy (non-hydrogen) atoms. The van der Waals surface area contributed by atoms with Crippen molar-refractivity contribution in [3.05, 3.63) is 102 Å². The normalized spacial score (nSPS) is 21.5. The monoisotopic (exact) mass is 421 g/mol. The van der Waals surface area contributed by atoms with Gasteiger partial charge in [0.15, 0.2) is 0 Å². The van der Waals surface area contributed by atoms with Crippen LogP contribution < -0.4 is 0 Å². The Hall–Kier alpha value is -3.33. The molecule has 3 aromatic rings. The van der Waals surface area contributed by atoms with Crippen LogP contribution in [-0.2, 0) is 4.74 Å². The van der Waals surface area contributed by atoms with E-state index < -0.39 is 0 Å². The number of carbonyl (C=O) groups excluding carboxylic acids is 1. The van der Waals surface area contributed by atoms with Crippen LogP contribution in [0.5, 0.6) is 0 Å². The van der Waals surface area contributed by atoms with E-state index in [-0.39, 0.29) is 24.1 Å². The maximum Gasteiger partial charge on any atom is 0.410 e. The van der Waals surface area contributed by atoms with Gasteiger partial charge in [0.05, 0.1) is 6.04 Å². The Morgan fingerprint density at radius 3 is 2.19 bits per heavy atom. The largest absolute Gasteiger partial charge is 0.448 e. The summed E-state index contributed by atoms with van der Waals surface area (Å²) in [6, 6.07) is 27.9. The lowest BCUT2D eigenvalue weighted by Crippen LogP contribution is -2.51. The molecule has 6 rings (SSSR count). The van der Waals surface area contributed by atoms with Crippen molar-refractivity contribution in [2.24, 2.45) is 0 Å². The minimum absolute atomic E-state index is 0.103. The highest BCUT2D eigenvalue weighted by atomic mass is 16.6. The highest BCUT2D eigenvalue weighted by Crippen LogP contribution is 2.45. The van der Waals surface area contributed by atoms with E-state index in [1.54, 1.807) is 0 Å². The number of hydrogen-bond acceptors (Lipinski definition) is 2. The molecule has 2 unspecified atom stereocenters. The zero-order valence-corrected chi connectivity index (χ0v) is 18.1. The molecule has 160 valence electrons. The zero-order valence-electron chi connectivity index (χ0n) is 18.1. The van der Waals surface area contributed by atoms with Crippen LogP contribution in [0.25, 0.3) is 16.7 Å². The van der Waals surface area contributed by atoms with E-state index in [0.717, 1.165) is 19.3 Å². The molecule has 0 radical (unpaired) electrons. The molecule has 2 bridgehead atoms. The maximum atomic E-state index is 13.3. The molecular formula is C29H27NO2. The predicted molar refractivity (Wildman–Crippen MR) is 127 cm³/mol. The molecule has 2 heterocycles. The van der Waals surface area contributed by atoms with Crippen LogP contribution in [-0.4, -0.2) is 29.7 Å². The third-order valence-electron chi connectivity index (χ3n) is 7.33. The molecule has 3 aliphatic rings. The fraction of sp³-hybridized carbons (Fsp3) is 0.276. The molecule has 0 saturated carbocycles. The first kappa shape index (κ1) is 19.4. The first-order valence-corrected chi connectivity index (χ1v) is 11.7. The molecule has 2 aliphatic heterocycles. The Labute approximate surface area is 189 Å². The highest BCUT2D eigenvalue weighted by molar-refractivity contribution is 5.79. The van der Waals surface area contributed by atoms with Crippen LogP contribution in [0.2, 0.25) is 0 Å². The van der Waals surface area contributed by atoms with E-state index in [1.165, 1.54) is 39.8 Å². The second kappa shape index (κ2) is 7.98. The molecule has 1 saturated heterocycles. The number of rotatable bonds is 3. The van der Waals surface area contributed by atoms with Crippen LogP contribution in [0.1, 0.15) is 48.3 Å². The molecule has 0 N–H and O–H groups in total. The molecule has 1 amide bonds. The van der Waals surface area contributed by atoms with Gasteiger partial charge in [0.25, 0.3) is 0 Å². The number of ether oxygens (including phenoxy) is 1. The van der Waals surface area contributed by atoms with Crippen LogP contribution >= 0.6 is 0 Å². The first-order chi connectivity index (χ1) is 15.8. The lowest BCUT2D eigenvalue weighted by molar-refractivity contribution is 0.0539. The smallest absolute Gasteiger partial charge is 0.410 e. The van der Waals surface area contributed by atoms with Crippen molar-refractivity contribution in [2.45, 2.75) is 43.7 Å². The fourth-order valence-electron chi connectivity index (χ4n) is 5.85. The van der Waals surface area contributed by atoms with Crippen molar-refractivity contribution < 1.29 is 9.53 Å². The number of hydrogen-bond donors (Lipinski definition) is 0. The van der Waals surface area contributed by atoms with Crippen LogP contribution in [0.4, 0.5) is 4.79 Å². The van der Waals surface area contributed by atoms with Gasteiger partial charge in [-0.05, 0) is 59.1 Å². The molecule has 0 aromatic heterocycles. The minimum Gasteiger partial charge on any atom is -0.448 e. The number of piperidine rings is 1. The van der Waals surface area contributed by atoms with Crippen LogP contribution in [0.3, 0.4) is 0 Å². The lowest BCUT2D eigenvalue weighted by Gasteiger charge is -2.44. The quantitative estimate of drug-likeness (QED) is 0.474. The van der Waals surface area contributed by atoms with Crippen molar-refractivity contribution in [1.82, 2.24) is 4.90 Å². The van der Waals surface area contributed by atoms with Crippen LogP contribution in [0, 0.1) is 0 Å². The van der Waals surface area contributed by atoms with Gasteiger partial charge in [-0.15, -0.1) is 0 Å². The fourth-order valence-corrected chi connectivity index (χ4v) is 5.85. The first-order valence-electron chi connectivity index (χ1n) is 11.7. The van der Waals surface area contributed by atoms with E-state index in [4.69, 9.17) is 4.74 Å². The standard InChI is InChI=1S/C29H27NO2/c31-29(30-22-11-8-12-23(30)18-21(17-22)20-9-2-1-3-10-20)32-19-28-26-15-6-4-13-24(26)25-14-5-7-16-27(25)28/h1-7,9-10,13-17,22-23,28H,8,11-12,18-19H2. The van der Waals surface area contributed by atoms with E-state index in [1.807, 2.05) is 4.90 Å². The van der Waals surface area contributed by atoms with Gasteiger partial charge < -0.3 is 4.74 Å². The van der Waals surface area contributed by atoms with Crippen molar-refractivity contribution in [3.8, 4) is 11.1 Å².